The van der Waals surface area contributed by atoms with E-state index in [0.717, 1.165) is 11.1 Å². The Bertz CT molecular complexity index is 551. The van der Waals surface area contributed by atoms with Crippen LogP contribution in [-0.2, 0) is 9.59 Å². The number of rotatable bonds is 4. The highest BCUT2D eigenvalue weighted by Crippen LogP contribution is 2.25. The molecule has 1 fully saturated rings. The second kappa shape index (κ2) is 6.12. The van der Waals surface area contributed by atoms with Gasteiger partial charge in [-0.3, -0.25) is 9.59 Å². The number of carbonyl (C=O) groups excluding carboxylic acids is 2. The fraction of sp³-hybridized carbons (Fsp3) is 0.412. The maximum Gasteiger partial charge on any atom is 0.250 e. The predicted octanol–water partition coefficient (Wildman–Crippen LogP) is 2.29. The Morgan fingerprint density at radius 3 is 2.43 bits per heavy atom. The Morgan fingerprint density at radius 2 is 1.90 bits per heavy atom. The lowest BCUT2D eigenvalue weighted by Gasteiger charge is -2.41. The van der Waals surface area contributed by atoms with Gasteiger partial charge in [-0.05, 0) is 18.4 Å². The van der Waals surface area contributed by atoms with Gasteiger partial charge in [0.05, 0.1) is 0 Å². The predicted molar refractivity (Wildman–Crippen MR) is 82.5 cm³/mol. The minimum Gasteiger partial charge on any atom is -0.339 e. The van der Waals surface area contributed by atoms with E-state index in [0.29, 0.717) is 6.54 Å². The highest BCUT2D eigenvalue weighted by atomic mass is 16.2. The van der Waals surface area contributed by atoms with Crippen molar-refractivity contribution in [3.05, 3.63) is 48.0 Å². The van der Waals surface area contributed by atoms with E-state index in [4.69, 9.17) is 0 Å². The van der Waals surface area contributed by atoms with Crippen LogP contribution in [0.15, 0.2) is 42.5 Å². The second-order valence-corrected chi connectivity index (χ2v) is 5.96. The number of hydrogen-bond acceptors (Lipinski definition) is 2. The standard InChI is InChI=1S/C17H22N2O2/c1-11(2)10-19-15(12(3)4)16(20)18-14(17(19)21)13-8-6-5-7-9-13/h5-9,12,14-15H,1,10H2,2-4H3,(H,18,20). The molecule has 0 aromatic heterocycles. The van der Waals surface area contributed by atoms with Gasteiger partial charge in [0.15, 0.2) is 0 Å². The van der Waals surface area contributed by atoms with E-state index < -0.39 is 12.1 Å². The molecule has 2 rings (SSSR count). The molecular weight excluding hydrogens is 264 g/mol. The summed E-state index contributed by atoms with van der Waals surface area (Å²) in [5.74, 6) is -0.104. The Morgan fingerprint density at radius 1 is 1.29 bits per heavy atom. The summed E-state index contributed by atoms with van der Waals surface area (Å²) in [5, 5.41) is 2.86. The van der Waals surface area contributed by atoms with E-state index >= 15 is 0 Å². The Balaban J connectivity index is 2.35. The molecule has 0 bridgehead atoms. The Kier molecular flexibility index (Phi) is 4.46. The van der Waals surface area contributed by atoms with Gasteiger partial charge in [-0.15, -0.1) is 0 Å². The van der Waals surface area contributed by atoms with Crippen LogP contribution in [0.3, 0.4) is 0 Å². The van der Waals surface area contributed by atoms with Gasteiger partial charge in [-0.2, -0.15) is 0 Å². The molecule has 1 aromatic carbocycles. The van der Waals surface area contributed by atoms with Gasteiger partial charge in [0, 0.05) is 6.54 Å². The third-order valence-electron chi connectivity index (χ3n) is 3.63. The lowest BCUT2D eigenvalue weighted by Crippen LogP contribution is -2.61. The third kappa shape index (κ3) is 3.15. The molecule has 112 valence electrons. The molecule has 4 heteroatoms. The molecule has 21 heavy (non-hydrogen) atoms. The van der Waals surface area contributed by atoms with Gasteiger partial charge in [-0.1, -0.05) is 56.3 Å². The van der Waals surface area contributed by atoms with E-state index in [2.05, 4.69) is 11.9 Å². The molecule has 1 aliphatic heterocycles. The molecule has 4 nitrogen and oxygen atoms in total. The average molecular weight is 286 g/mol. The van der Waals surface area contributed by atoms with Crippen LogP contribution in [0, 0.1) is 5.92 Å². The molecule has 1 heterocycles. The quantitative estimate of drug-likeness (QED) is 0.863. The van der Waals surface area contributed by atoms with Crippen LogP contribution in [0.5, 0.6) is 0 Å². The zero-order chi connectivity index (χ0) is 15.6. The largest absolute Gasteiger partial charge is 0.339 e. The average Bonchev–Trinajstić information content (AvgIpc) is 2.42. The van der Waals surface area contributed by atoms with Crippen molar-refractivity contribution in [2.45, 2.75) is 32.9 Å². The van der Waals surface area contributed by atoms with Crippen LogP contribution in [0.25, 0.3) is 0 Å². The van der Waals surface area contributed by atoms with Crippen molar-refractivity contribution in [1.82, 2.24) is 10.2 Å². The van der Waals surface area contributed by atoms with Crippen LogP contribution < -0.4 is 5.32 Å². The molecule has 0 saturated carbocycles. The van der Waals surface area contributed by atoms with Gasteiger partial charge in [0.25, 0.3) is 5.91 Å². The van der Waals surface area contributed by atoms with Crippen molar-refractivity contribution >= 4 is 11.8 Å². The molecule has 2 amide bonds. The number of hydrogen-bond donors (Lipinski definition) is 1. The van der Waals surface area contributed by atoms with Crippen molar-refractivity contribution in [2.24, 2.45) is 5.92 Å². The number of amides is 2. The zero-order valence-electron chi connectivity index (χ0n) is 12.8. The molecule has 1 aromatic rings. The second-order valence-electron chi connectivity index (χ2n) is 5.96. The summed E-state index contributed by atoms with van der Waals surface area (Å²) < 4.78 is 0. The fourth-order valence-electron chi connectivity index (χ4n) is 2.73. The topological polar surface area (TPSA) is 49.4 Å². The van der Waals surface area contributed by atoms with Crippen LogP contribution in [0.4, 0.5) is 0 Å². The van der Waals surface area contributed by atoms with Crippen molar-refractivity contribution in [3.63, 3.8) is 0 Å². The molecule has 0 spiro atoms. The first kappa shape index (κ1) is 15.3. The first-order valence-electron chi connectivity index (χ1n) is 7.22. The van der Waals surface area contributed by atoms with Crippen molar-refractivity contribution in [1.29, 1.82) is 0 Å². The summed E-state index contributed by atoms with van der Waals surface area (Å²) in [7, 11) is 0. The third-order valence-corrected chi connectivity index (χ3v) is 3.63. The molecule has 0 aliphatic carbocycles. The van der Waals surface area contributed by atoms with Crippen LogP contribution in [0.1, 0.15) is 32.4 Å². The van der Waals surface area contributed by atoms with Crippen LogP contribution >= 0.6 is 0 Å². The van der Waals surface area contributed by atoms with Gasteiger partial charge in [-0.25, -0.2) is 0 Å². The summed E-state index contributed by atoms with van der Waals surface area (Å²) in [6, 6.07) is 8.30. The molecule has 1 N–H and O–H groups in total. The minimum absolute atomic E-state index is 0.0602. The van der Waals surface area contributed by atoms with E-state index in [9.17, 15) is 9.59 Å². The normalized spacial score (nSPS) is 22.4. The Labute approximate surface area is 125 Å². The minimum atomic E-state index is -0.604. The summed E-state index contributed by atoms with van der Waals surface area (Å²) in [6.07, 6.45) is 0. The maximum atomic E-state index is 12.8. The summed E-state index contributed by atoms with van der Waals surface area (Å²) in [4.78, 5) is 26.9. The molecule has 1 aliphatic rings. The lowest BCUT2D eigenvalue weighted by atomic mass is 9.94. The van der Waals surface area contributed by atoms with E-state index in [1.54, 1.807) is 4.90 Å². The van der Waals surface area contributed by atoms with E-state index in [1.807, 2.05) is 51.1 Å². The molecular formula is C17H22N2O2. The van der Waals surface area contributed by atoms with Gasteiger partial charge < -0.3 is 10.2 Å². The lowest BCUT2D eigenvalue weighted by molar-refractivity contribution is -0.150. The maximum absolute atomic E-state index is 12.8. The van der Waals surface area contributed by atoms with Gasteiger partial charge in [0.1, 0.15) is 12.1 Å². The number of piperazine rings is 1. The summed E-state index contributed by atoms with van der Waals surface area (Å²) in [6.45, 7) is 10.1. The monoisotopic (exact) mass is 286 g/mol. The van der Waals surface area contributed by atoms with Crippen molar-refractivity contribution < 1.29 is 9.59 Å². The first-order valence-corrected chi connectivity index (χ1v) is 7.22. The SMILES string of the molecule is C=C(C)CN1C(=O)C(c2ccccc2)NC(=O)C1C(C)C. The molecule has 0 radical (unpaired) electrons. The highest BCUT2D eigenvalue weighted by molar-refractivity contribution is 5.97. The number of carbonyl (C=O) groups is 2. The fourth-order valence-corrected chi connectivity index (χ4v) is 2.73. The van der Waals surface area contributed by atoms with Crippen LogP contribution in [0.2, 0.25) is 0 Å². The molecule has 2 atom stereocenters. The zero-order valence-corrected chi connectivity index (χ0v) is 12.8. The van der Waals surface area contributed by atoms with E-state index in [1.165, 1.54) is 0 Å². The summed E-state index contributed by atoms with van der Waals surface area (Å²) in [5.41, 5.74) is 1.68. The first-order chi connectivity index (χ1) is 9.91. The summed E-state index contributed by atoms with van der Waals surface area (Å²) >= 11 is 0. The number of nitrogens with one attached hydrogen (secondary N) is 1. The molecule has 2 unspecified atom stereocenters. The van der Waals surface area contributed by atoms with Gasteiger partial charge in [0.2, 0.25) is 5.91 Å². The number of nitrogens with zero attached hydrogens (tertiary/aromatic N) is 1. The number of benzene rings is 1. The van der Waals surface area contributed by atoms with E-state index in [-0.39, 0.29) is 17.7 Å². The van der Waals surface area contributed by atoms with Crippen molar-refractivity contribution in [2.75, 3.05) is 6.54 Å². The molecule has 1 saturated heterocycles. The van der Waals surface area contributed by atoms with Crippen LogP contribution in [-0.4, -0.2) is 29.3 Å². The smallest absolute Gasteiger partial charge is 0.250 e. The van der Waals surface area contributed by atoms with Crippen molar-refractivity contribution in [3.8, 4) is 0 Å². The van der Waals surface area contributed by atoms with Gasteiger partial charge >= 0.3 is 0 Å². The Hall–Kier alpha value is -2.10. The highest BCUT2D eigenvalue weighted by Gasteiger charge is 2.42.